The van der Waals surface area contributed by atoms with Gasteiger partial charge in [0.2, 0.25) is 0 Å². The van der Waals surface area contributed by atoms with Crippen LogP contribution in [0.3, 0.4) is 0 Å². The van der Waals surface area contributed by atoms with Crippen LogP contribution >= 0.6 is 11.6 Å². The van der Waals surface area contributed by atoms with Gasteiger partial charge in [0.15, 0.2) is 0 Å². The van der Waals surface area contributed by atoms with Crippen LogP contribution in [0.15, 0.2) is 78.9 Å². The number of rotatable bonds is 8. The van der Waals surface area contributed by atoms with E-state index in [1.54, 1.807) is 0 Å². The molecule has 0 bridgehead atoms. The molecule has 1 saturated carbocycles. The first kappa shape index (κ1) is 22.1. The molecule has 0 spiro atoms. The fraction of sp³-hybridized carbons (Fsp3) is 0.357. The average Bonchev–Trinajstić information content (AvgIpc) is 2.82. The third kappa shape index (κ3) is 6.43. The Morgan fingerprint density at radius 3 is 1.77 bits per heavy atom. The molecule has 3 aromatic rings. The molecule has 3 aromatic carbocycles. The van der Waals surface area contributed by atoms with Crippen LogP contribution in [-0.4, -0.2) is 18.0 Å². The molecule has 0 saturated heterocycles. The molecule has 162 valence electrons. The number of hydrogen-bond acceptors (Lipinski definition) is 2. The summed E-state index contributed by atoms with van der Waals surface area (Å²) in [6.07, 6.45) is 5.15. The van der Waals surface area contributed by atoms with Gasteiger partial charge in [-0.25, -0.2) is 0 Å². The van der Waals surface area contributed by atoms with Crippen molar-refractivity contribution in [3.05, 3.63) is 95.0 Å². The SMILES string of the molecule is NCC1CCC(CN(Cc2ccc(Cl)cc2)Cc2ccc(-c3ccccc3)cc2)CC1. The van der Waals surface area contributed by atoms with Crippen LogP contribution in [0.25, 0.3) is 11.1 Å². The quantitative estimate of drug-likeness (QED) is 0.425. The summed E-state index contributed by atoms with van der Waals surface area (Å²) in [5.41, 5.74) is 11.1. The van der Waals surface area contributed by atoms with E-state index in [0.717, 1.165) is 43.0 Å². The van der Waals surface area contributed by atoms with Gasteiger partial charge in [-0.15, -0.1) is 0 Å². The molecule has 31 heavy (non-hydrogen) atoms. The van der Waals surface area contributed by atoms with E-state index in [2.05, 4.69) is 71.6 Å². The fourth-order valence-electron chi connectivity index (χ4n) is 4.74. The van der Waals surface area contributed by atoms with Gasteiger partial charge in [-0.2, -0.15) is 0 Å². The first-order chi connectivity index (χ1) is 15.2. The lowest BCUT2D eigenvalue weighted by molar-refractivity contribution is 0.170. The lowest BCUT2D eigenvalue weighted by Crippen LogP contribution is -2.32. The molecule has 0 unspecified atom stereocenters. The molecule has 0 amide bonds. The number of halogens is 1. The molecule has 0 aliphatic heterocycles. The van der Waals surface area contributed by atoms with Crippen molar-refractivity contribution < 1.29 is 0 Å². The highest BCUT2D eigenvalue weighted by molar-refractivity contribution is 6.30. The molecule has 0 atom stereocenters. The predicted octanol–water partition coefficient (Wildman–Crippen LogP) is 6.77. The molecule has 1 fully saturated rings. The van der Waals surface area contributed by atoms with Crippen LogP contribution in [0.1, 0.15) is 36.8 Å². The molecular formula is C28H33ClN2. The summed E-state index contributed by atoms with van der Waals surface area (Å²) in [7, 11) is 0. The van der Waals surface area contributed by atoms with Crippen molar-refractivity contribution in [2.24, 2.45) is 17.6 Å². The molecule has 2 nitrogen and oxygen atoms in total. The zero-order valence-corrected chi connectivity index (χ0v) is 19.0. The molecule has 3 heteroatoms. The highest BCUT2D eigenvalue weighted by atomic mass is 35.5. The van der Waals surface area contributed by atoms with Gasteiger partial charge < -0.3 is 5.73 Å². The fourth-order valence-corrected chi connectivity index (χ4v) is 4.87. The van der Waals surface area contributed by atoms with Crippen LogP contribution in [-0.2, 0) is 13.1 Å². The van der Waals surface area contributed by atoms with E-state index in [0.29, 0.717) is 0 Å². The van der Waals surface area contributed by atoms with Gasteiger partial charge in [0.05, 0.1) is 0 Å². The predicted molar refractivity (Wildman–Crippen MR) is 132 cm³/mol. The van der Waals surface area contributed by atoms with Gasteiger partial charge in [0.25, 0.3) is 0 Å². The van der Waals surface area contributed by atoms with E-state index >= 15 is 0 Å². The van der Waals surface area contributed by atoms with Gasteiger partial charge in [-0.05, 0) is 78.5 Å². The summed E-state index contributed by atoms with van der Waals surface area (Å²) in [6, 6.07) is 27.9. The molecule has 1 aliphatic rings. The summed E-state index contributed by atoms with van der Waals surface area (Å²) in [4.78, 5) is 2.61. The van der Waals surface area contributed by atoms with Crippen molar-refractivity contribution in [2.75, 3.05) is 13.1 Å². The van der Waals surface area contributed by atoms with Crippen LogP contribution < -0.4 is 5.73 Å². The molecule has 4 rings (SSSR count). The summed E-state index contributed by atoms with van der Waals surface area (Å²) < 4.78 is 0. The number of nitrogens with zero attached hydrogens (tertiary/aromatic N) is 1. The maximum Gasteiger partial charge on any atom is 0.0406 e. The first-order valence-corrected chi connectivity index (χ1v) is 11.9. The Bertz CT molecular complexity index is 913. The maximum absolute atomic E-state index is 6.10. The van der Waals surface area contributed by atoms with Crippen molar-refractivity contribution in [3.8, 4) is 11.1 Å². The van der Waals surface area contributed by atoms with Gasteiger partial charge in [0.1, 0.15) is 0 Å². The second kappa shape index (κ2) is 10.9. The lowest BCUT2D eigenvalue weighted by Gasteiger charge is -2.32. The van der Waals surface area contributed by atoms with E-state index < -0.39 is 0 Å². The van der Waals surface area contributed by atoms with E-state index in [1.165, 1.54) is 47.9 Å². The minimum Gasteiger partial charge on any atom is -0.330 e. The minimum absolute atomic E-state index is 0.728. The molecule has 1 aliphatic carbocycles. The summed E-state index contributed by atoms with van der Waals surface area (Å²) in [6.45, 7) is 3.90. The Morgan fingerprint density at radius 2 is 1.19 bits per heavy atom. The monoisotopic (exact) mass is 432 g/mol. The number of benzene rings is 3. The van der Waals surface area contributed by atoms with Gasteiger partial charge >= 0.3 is 0 Å². The van der Waals surface area contributed by atoms with Crippen molar-refractivity contribution in [1.82, 2.24) is 4.90 Å². The Hall–Kier alpha value is -2.13. The van der Waals surface area contributed by atoms with E-state index in [9.17, 15) is 0 Å². The summed E-state index contributed by atoms with van der Waals surface area (Å²) >= 11 is 6.10. The molecule has 2 N–H and O–H groups in total. The summed E-state index contributed by atoms with van der Waals surface area (Å²) in [5.74, 6) is 1.49. The van der Waals surface area contributed by atoms with E-state index in [-0.39, 0.29) is 0 Å². The van der Waals surface area contributed by atoms with Crippen molar-refractivity contribution in [2.45, 2.75) is 38.8 Å². The maximum atomic E-state index is 6.10. The Kier molecular flexibility index (Phi) is 7.80. The number of nitrogens with two attached hydrogens (primary N) is 1. The average molecular weight is 433 g/mol. The Labute approximate surface area is 192 Å². The van der Waals surface area contributed by atoms with Gasteiger partial charge in [0, 0.05) is 24.7 Å². The van der Waals surface area contributed by atoms with Gasteiger partial charge in [-0.1, -0.05) is 78.3 Å². The topological polar surface area (TPSA) is 29.3 Å². The van der Waals surface area contributed by atoms with Crippen molar-refractivity contribution >= 4 is 11.6 Å². The van der Waals surface area contributed by atoms with Crippen LogP contribution in [0.2, 0.25) is 5.02 Å². The summed E-state index contributed by atoms with van der Waals surface area (Å²) in [5, 5.41) is 0.798. The largest absolute Gasteiger partial charge is 0.330 e. The highest BCUT2D eigenvalue weighted by Crippen LogP contribution is 2.30. The zero-order valence-electron chi connectivity index (χ0n) is 18.2. The molecule has 0 aromatic heterocycles. The number of hydrogen-bond donors (Lipinski definition) is 1. The van der Waals surface area contributed by atoms with Crippen LogP contribution in [0.4, 0.5) is 0 Å². The normalized spacial score (nSPS) is 18.9. The molecule has 0 radical (unpaired) electrons. The second-order valence-electron chi connectivity index (χ2n) is 8.98. The standard InChI is InChI=1S/C28H33ClN2/c29-28-16-12-25(13-17-28)21-31(19-23-8-6-22(18-30)7-9-23)20-24-10-14-27(15-11-24)26-4-2-1-3-5-26/h1-5,10-17,22-23H,6-9,18-21,30H2. The third-order valence-corrected chi connectivity index (χ3v) is 6.85. The van der Waals surface area contributed by atoms with Gasteiger partial charge in [-0.3, -0.25) is 4.90 Å². The molecule has 0 heterocycles. The third-order valence-electron chi connectivity index (χ3n) is 6.60. The highest BCUT2D eigenvalue weighted by Gasteiger charge is 2.22. The van der Waals surface area contributed by atoms with E-state index in [4.69, 9.17) is 17.3 Å². The Balaban J connectivity index is 1.45. The van der Waals surface area contributed by atoms with Crippen LogP contribution in [0, 0.1) is 11.8 Å². The smallest absolute Gasteiger partial charge is 0.0406 e. The van der Waals surface area contributed by atoms with Crippen LogP contribution in [0.5, 0.6) is 0 Å². The lowest BCUT2D eigenvalue weighted by atomic mass is 9.82. The minimum atomic E-state index is 0.728. The van der Waals surface area contributed by atoms with Crippen molar-refractivity contribution in [1.29, 1.82) is 0 Å². The van der Waals surface area contributed by atoms with E-state index in [1.807, 2.05) is 12.1 Å². The first-order valence-electron chi connectivity index (χ1n) is 11.5. The second-order valence-corrected chi connectivity index (χ2v) is 9.42. The van der Waals surface area contributed by atoms with Crippen molar-refractivity contribution in [3.63, 3.8) is 0 Å². The Morgan fingerprint density at radius 1 is 0.677 bits per heavy atom. The zero-order chi connectivity index (χ0) is 21.5. The molecular weight excluding hydrogens is 400 g/mol.